The van der Waals surface area contributed by atoms with Crippen LogP contribution in [0.15, 0.2) is 24.5 Å². The van der Waals surface area contributed by atoms with Gasteiger partial charge >= 0.3 is 0 Å². The molecule has 72 valence electrons. The van der Waals surface area contributed by atoms with E-state index in [0.717, 1.165) is 17.2 Å². The van der Waals surface area contributed by atoms with E-state index >= 15 is 0 Å². The molecule has 2 N–H and O–H groups in total. The Hall–Kier alpha value is -1.84. The van der Waals surface area contributed by atoms with E-state index in [1.54, 1.807) is 12.4 Å². The average Bonchev–Trinajstić information content (AvgIpc) is 2.49. The molecule has 0 saturated heterocycles. The topological polar surface area (TPSA) is 56.7 Å². The Balaban J connectivity index is 2.60. The highest BCUT2D eigenvalue weighted by molar-refractivity contribution is 5.69. The van der Waals surface area contributed by atoms with E-state index < -0.39 is 0 Å². The highest BCUT2D eigenvalue weighted by atomic mass is 15.1. The number of aryl methyl sites for hydroxylation is 1. The van der Waals surface area contributed by atoms with E-state index in [2.05, 4.69) is 9.97 Å². The van der Waals surface area contributed by atoms with Gasteiger partial charge in [-0.2, -0.15) is 0 Å². The first-order valence-corrected chi connectivity index (χ1v) is 4.39. The summed E-state index contributed by atoms with van der Waals surface area (Å²) in [5, 5.41) is 0. The number of rotatable bonds is 1. The van der Waals surface area contributed by atoms with Crippen molar-refractivity contribution in [3.05, 3.63) is 30.4 Å². The molecule has 14 heavy (non-hydrogen) atoms. The van der Waals surface area contributed by atoms with Crippen molar-refractivity contribution in [1.29, 1.82) is 0 Å². The van der Waals surface area contributed by atoms with Crippen LogP contribution in [0.4, 0.5) is 5.69 Å². The van der Waals surface area contributed by atoms with Crippen LogP contribution in [0.5, 0.6) is 0 Å². The molecule has 0 bridgehead atoms. The SMILES string of the molecule is Cc1ncc(-c2ncccc2N)n1C. The molecule has 4 heteroatoms. The second kappa shape index (κ2) is 3.14. The van der Waals surface area contributed by atoms with E-state index in [9.17, 15) is 0 Å². The number of nitrogens with zero attached hydrogens (tertiary/aromatic N) is 3. The molecule has 0 unspecified atom stereocenters. The molecule has 0 radical (unpaired) electrons. The third-order valence-electron chi connectivity index (χ3n) is 2.30. The quantitative estimate of drug-likeness (QED) is 0.735. The Morgan fingerprint density at radius 1 is 1.36 bits per heavy atom. The summed E-state index contributed by atoms with van der Waals surface area (Å²) in [5.74, 6) is 0.949. The maximum Gasteiger partial charge on any atom is 0.111 e. The zero-order valence-corrected chi connectivity index (χ0v) is 8.23. The lowest BCUT2D eigenvalue weighted by molar-refractivity contribution is 0.862. The molecule has 0 atom stereocenters. The lowest BCUT2D eigenvalue weighted by Gasteiger charge is -2.05. The number of imidazole rings is 1. The van der Waals surface area contributed by atoms with Gasteiger partial charge in [0.2, 0.25) is 0 Å². The molecule has 4 nitrogen and oxygen atoms in total. The molecule has 0 aliphatic heterocycles. The third kappa shape index (κ3) is 1.25. The van der Waals surface area contributed by atoms with Crippen LogP contribution >= 0.6 is 0 Å². The molecule has 0 aliphatic carbocycles. The Morgan fingerprint density at radius 3 is 2.71 bits per heavy atom. The van der Waals surface area contributed by atoms with Crippen molar-refractivity contribution in [3.63, 3.8) is 0 Å². The summed E-state index contributed by atoms with van der Waals surface area (Å²) in [6.45, 7) is 1.95. The summed E-state index contributed by atoms with van der Waals surface area (Å²) >= 11 is 0. The van der Waals surface area contributed by atoms with Crippen LogP contribution in [0.1, 0.15) is 5.82 Å². The Morgan fingerprint density at radius 2 is 2.14 bits per heavy atom. The van der Waals surface area contributed by atoms with Crippen LogP contribution in [0.25, 0.3) is 11.4 Å². The highest BCUT2D eigenvalue weighted by Crippen LogP contribution is 2.22. The van der Waals surface area contributed by atoms with Crippen molar-refractivity contribution >= 4 is 5.69 Å². The largest absolute Gasteiger partial charge is 0.397 e. The van der Waals surface area contributed by atoms with Crippen molar-refractivity contribution in [1.82, 2.24) is 14.5 Å². The van der Waals surface area contributed by atoms with Gasteiger partial charge in [0.1, 0.15) is 11.5 Å². The van der Waals surface area contributed by atoms with Gasteiger partial charge < -0.3 is 10.3 Å². The van der Waals surface area contributed by atoms with Gasteiger partial charge in [-0.15, -0.1) is 0 Å². The van der Waals surface area contributed by atoms with Crippen molar-refractivity contribution in [2.45, 2.75) is 6.92 Å². The van der Waals surface area contributed by atoms with Crippen LogP contribution in [0.2, 0.25) is 0 Å². The fraction of sp³-hybridized carbons (Fsp3) is 0.200. The summed E-state index contributed by atoms with van der Waals surface area (Å²) in [6.07, 6.45) is 3.52. The van der Waals surface area contributed by atoms with Gasteiger partial charge in [-0.25, -0.2) is 4.98 Å². The van der Waals surface area contributed by atoms with Crippen LogP contribution in [0.3, 0.4) is 0 Å². The molecular formula is C10H12N4. The third-order valence-corrected chi connectivity index (χ3v) is 2.30. The molecule has 2 heterocycles. The number of anilines is 1. The monoisotopic (exact) mass is 188 g/mol. The van der Waals surface area contributed by atoms with E-state index in [1.807, 2.05) is 30.7 Å². The zero-order chi connectivity index (χ0) is 10.1. The maximum absolute atomic E-state index is 5.83. The molecular weight excluding hydrogens is 176 g/mol. The minimum atomic E-state index is 0.676. The van der Waals surface area contributed by atoms with Gasteiger partial charge in [0.05, 0.1) is 17.6 Å². The van der Waals surface area contributed by atoms with Crippen LogP contribution in [-0.2, 0) is 7.05 Å². The molecule has 0 amide bonds. The molecule has 2 rings (SSSR count). The predicted octanol–water partition coefficient (Wildman–Crippen LogP) is 1.37. The molecule has 0 saturated carbocycles. The van der Waals surface area contributed by atoms with Gasteiger partial charge in [-0.3, -0.25) is 4.98 Å². The second-order valence-corrected chi connectivity index (χ2v) is 3.19. The minimum absolute atomic E-state index is 0.676. The highest BCUT2D eigenvalue weighted by Gasteiger charge is 2.08. The van der Waals surface area contributed by atoms with Crippen LogP contribution in [0, 0.1) is 6.92 Å². The summed E-state index contributed by atoms with van der Waals surface area (Å²) in [5.41, 5.74) is 8.24. The van der Waals surface area contributed by atoms with Crippen LogP contribution < -0.4 is 5.73 Å². The van der Waals surface area contributed by atoms with E-state index in [-0.39, 0.29) is 0 Å². The van der Waals surface area contributed by atoms with Crippen molar-refractivity contribution in [3.8, 4) is 11.4 Å². The summed E-state index contributed by atoms with van der Waals surface area (Å²) in [4.78, 5) is 8.44. The fourth-order valence-electron chi connectivity index (χ4n) is 1.35. The Bertz CT molecular complexity index is 459. The average molecular weight is 188 g/mol. The van der Waals surface area contributed by atoms with Crippen molar-refractivity contribution < 1.29 is 0 Å². The normalized spacial score (nSPS) is 10.4. The first kappa shape index (κ1) is 8.74. The Labute approximate surface area is 82.4 Å². The van der Waals surface area contributed by atoms with Gasteiger partial charge in [0.15, 0.2) is 0 Å². The Kier molecular flexibility index (Phi) is 1.96. The molecule has 0 aliphatic rings. The number of nitrogens with two attached hydrogens (primary N) is 1. The van der Waals surface area contributed by atoms with Crippen LogP contribution in [-0.4, -0.2) is 14.5 Å². The summed E-state index contributed by atoms with van der Waals surface area (Å²) in [6, 6.07) is 3.66. The number of hydrogen-bond donors (Lipinski definition) is 1. The predicted molar refractivity (Wildman–Crippen MR) is 55.6 cm³/mol. The van der Waals surface area contributed by atoms with Crippen molar-refractivity contribution in [2.75, 3.05) is 5.73 Å². The summed E-state index contributed by atoms with van der Waals surface area (Å²) in [7, 11) is 1.95. The van der Waals surface area contributed by atoms with Gasteiger partial charge in [-0.05, 0) is 19.1 Å². The van der Waals surface area contributed by atoms with E-state index in [4.69, 9.17) is 5.73 Å². The van der Waals surface area contributed by atoms with Gasteiger partial charge in [-0.1, -0.05) is 0 Å². The maximum atomic E-state index is 5.83. The second-order valence-electron chi connectivity index (χ2n) is 3.19. The summed E-state index contributed by atoms with van der Waals surface area (Å²) < 4.78 is 1.97. The molecule has 0 spiro atoms. The smallest absolute Gasteiger partial charge is 0.111 e. The van der Waals surface area contributed by atoms with Crippen molar-refractivity contribution in [2.24, 2.45) is 7.05 Å². The lowest BCUT2D eigenvalue weighted by atomic mass is 10.2. The van der Waals surface area contributed by atoms with E-state index in [0.29, 0.717) is 5.69 Å². The number of nitrogen functional groups attached to an aromatic ring is 1. The molecule has 2 aromatic rings. The minimum Gasteiger partial charge on any atom is -0.397 e. The number of pyridine rings is 1. The molecule has 0 aromatic carbocycles. The first-order valence-electron chi connectivity index (χ1n) is 4.39. The standard InChI is InChI=1S/C10H12N4/c1-7-13-6-9(14(7)2)10-8(11)4-3-5-12-10/h3-6H,11H2,1-2H3. The zero-order valence-electron chi connectivity index (χ0n) is 8.23. The lowest BCUT2D eigenvalue weighted by Crippen LogP contribution is -1.98. The fourth-order valence-corrected chi connectivity index (χ4v) is 1.35. The molecule has 0 fully saturated rings. The number of aromatic nitrogens is 3. The van der Waals surface area contributed by atoms with Gasteiger partial charge in [0, 0.05) is 13.2 Å². The molecule has 2 aromatic heterocycles. The number of hydrogen-bond acceptors (Lipinski definition) is 3. The van der Waals surface area contributed by atoms with Gasteiger partial charge in [0.25, 0.3) is 0 Å². The van der Waals surface area contributed by atoms with E-state index in [1.165, 1.54) is 0 Å². The first-order chi connectivity index (χ1) is 6.70.